The van der Waals surface area contributed by atoms with Gasteiger partial charge in [0.2, 0.25) is 0 Å². The zero-order valence-corrected chi connectivity index (χ0v) is 23.2. The van der Waals surface area contributed by atoms with Crippen molar-refractivity contribution in [3.05, 3.63) is 107 Å². The molecule has 5 nitrogen and oxygen atoms in total. The maximum Gasteiger partial charge on any atom is 0.326 e. The van der Waals surface area contributed by atoms with Crippen LogP contribution in [0.5, 0.6) is 0 Å². The predicted octanol–water partition coefficient (Wildman–Crippen LogP) is 6.81. The van der Waals surface area contributed by atoms with E-state index in [0.29, 0.717) is 24.2 Å². The lowest BCUT2D eigenvalue weighted by atomic mass is 9.92. The number of amides is 1. The van der Waals surface area contributed by atoms with E-state index in [-0.39, 0.29) is 5.91 Å². The lowest BCUT2D eigenvalue weighted by molar-refractivity contribution is -0.139. The Morgan fingerprint density at radius 3 is 2.36 bits per heavy atom. The molecular weight excluding hydrogens is 506 g/mol. The summed E-state index contributed by atoms with van der Waals surface area (Å²) < 4.78 is 0. The molecule has 0 fully saturated rings. The number of benzene rings is 4. The second-order valence-electron chi connectivity index (χ2n) is 9.86. The highest BCUT2D eigenvalue weighted by Gasteiger charge is 2.23. The summed E-state index contributed by atoms with van der Waals surface area (Å²) in [5.74, 6) is -0.775. The van der Waals surface area contributed by atoms with Gasteiger partial charge < -0.3 is 15.5 Å². The van der Waals surface area contributed by atoms with Crippen LogP contribution in [0.1, 0.15) is 52.4 Å². The SMILES string of the molecule is CSCC[C@H](NC(=O)c1ccc(CCCC(O)c2ccc3ccccc3c2)cc1-c1ccccc1C)C(=O)O. The van der Waals surface area contributed by atoms with Crippen LogP contribution in [-0.2, 0) is 11.2 Å². The maximum absolute atomic E-state index is 13.3. The number of carboxylic acid groups (broad SMARTS) is 1. The van der Waals surface area contributed by atoms with Gasteiger partial charge in [0.05, 0.1) is 6.10 Å². The number of carbonyl (C=O) groups excluding carboxylic acids is 1. The van der Waals surface area contributed by atoms with Gasteiger partial charge in [-0.05, 0) is 95.3 Å². The highest BCUT2D eigenvalue weighted by molar-refractivity contribution is 7.98. The van der Waals surface area contributed by atoms with Gasteiger partial charge in [-0.15, -0.1) is 0 Å². The van der Waals surface area contributed by atoms with E-state index in [2.05, 4.69) is 17.4 Å². The van der Waals surface area contributed by atoms with Gasteiger partial charge in [-0.2, -0.15) is 11.8 Å². The number of aliphatic carboxylic acids is 1. The molecular formula is C33H35NO4S. The Bertz CT molecular complexity index is 1450. The second-order valence-corrected chi connectivity index (χ2v) is 10.8. The fourth-order valence-corrected chi connectivity index (χ4v) is 5.32. The quantitative estimate of drug-likeness (QED) is 0.183. The molecule has 0 spiro atoms. The third kappa shape index (κ3) is 7.28. The van der Waals surface area contributed by atoms with Crippen molar-refractivity contribution in [2.75, 3.05) is 12.0 Å². The lowest BCUT2D eigenvalue weighted by Crippen LogP contribution is -2.41. The van der Waals surface area contributed by atoms with E-state index < -0.39 is 18.1 Å². The molecule has 4 aromatic rings. The minimum atomic E-state index is -1.03. The number of fused-ring (bicyclic) bond motifs is 1. The average Bonchev–Trinajstić information content (AvgIpc) is 2.94. The molecule has 4 rings (SSSR count). The summed E-state index contributed by atoms with van der Waals surface area (Å²) >= 11 is 1.55. The molecule has 3 N–H and O–H groups in total. The number of aryl methyl sites for hydroxylation is 2. The summed E-state index contributed by atoms with van der Waals surface area (Å²) in [6.07, 6.45) is 3.87. The minimum Gasteiger partial charge on any atom is -0.480 e. The van der Waals surface area contributed by atoms with Crippen LogP contribution in [0, 0.1) is 6.92 Å². The van der Waals surface area contributed by atoms with Crippen molar-refractivity contribution in [3.8, 4) is 11.1 Å². The van der Waals surface area contributed by atoms with Crippen LogP contribution in [0.4, 0.5) is 0 Å². The second kappa shape index (κ2) is 13.5. The Hall–Kier alpha value is -3.61. The molecule has 0 aliphatic carbocycles. The number of nitrogens with one attached hydrogen (secondary N) is 1. The smallest absolute Gasteiger partial charge is 0.326 e. The highest BCUT2D eigenvalue weighted by atomic mass is 32.2. The third-order valence-electron chi connectivity index (χ3n) is 7.08. The van der Waals surface area contributed by atoms with Crippen LogP contribution in [0.2, 0.25) is 0 Å². The van der Waals surface area contributed by atoms with Crippen LogP contribution in [0.25, 0.3) is 21.9 Å². The van der Waals surface area contributed by atoms with E-state index in [1.807, 2.05) is 79.9 Å². The first kappa shape index (κ1) is 28.4. The number of aliphatic hydroxyl groups excluding tert-OH is 1. The standard InChI is InChI=1S/C33H35NO4S/c1-22-8-3-6-12-27(22)29-20-23(14-17-28(29)32(36)34-30(33(37)38)18-19-39-2)9-7-13-31(35)26-16-15-24-10-4-5-11-25(24)21-26/h3-6,8,10-12,14-17,20-21,30-31,35H,7,9,13,18-19H2,1-2H3,(H,34,36)(H,37,38)/t30-,31?/m0/s1. The molecule has 6 heteroatoms. The Kier molecular flexibility index (Phi) is 9.79. The molecule has 0 aromatic heterocycles. The van der Waals surface area contributed by atoms with Gasteiger partial charge in [0.15, 0.2) is 0 Å². The topological polar surface area (TPSA) is 86.6 Å². The molecule has 0 saturated carbocycles. The van der Waals surface area contributed by atoms with E-state index >= 15 is 0 Å². The first-order valence-electron chi connectivity index (χ1n) is 13.3. The van der Waals surface area contributed by atoms with E-state index in [1.54, 1.807) is 17.8 Å². The van der Waals surface area contributed by atoms with Gasteiger partial charge in [0, 0.05) is 5.56 Å². The maximum atomic E-state index is 13.3. The van der Waals surface area contributed by atoms with Crippen molar-refractivity contribution in [3.63, 3.8) is 0 Å². The monoisotopic (exact) mass is 541 g/mol. The van der Waals surface area contributed by atoms with Crippen LogP contribution >= 0.6 is 11.8 Å². The highest BCUT2D eigenvalue weighted by Crippen LogP contribution is 2.30. The van der Waals surface area contributed by atoms with Crippen LogP contribution in [0.3, 0.4) is 0 Å². The van der Waals surface area contributed by atoms with Crippen molar-refractivity contribution in [1.29, 1.82) is 0 Å². The number of hydrogen-bond acceptors (Lipinski definition) is 4. The fraction of sp³-hybridized carbons (Fsp3) is 0.273. The Balaban J connectivity index is 1.51. The van der Waals surface area contributed by atoms with Crippen molar-refractivity contribution in [2.24, 2.45) is 0 Å². The van der Waals surface area contributed by atoms with Crippen molar-refractivity contribution < 1.29 is 19.8 Å². The summed E-state index contributed by atoms with van der Waals surface area (Å²) in [6, 6.07) is 26.9. The molecule has 39 heavy (non-hydrogen) atoms. The average molecular weight is 542 g/mol. The van der Waals surface area contributed by atoms with Gasteiger partial charge in [-0.3, -0.25) is 4.79 Å². The first-order valence-corrected chi connectivity index (χ1v) is 14.6. The van der Waals surface area contributed by atoms with Gasteiger partial charge in [0.1, 0.15) is 6.04 Å². The number of carboxylic acids is 1. The minimum absolute atomic E-state index is 0.361. The van der Waals surface area contributed by atoms with E-state index in [1.165, 1.54) is 0 Å². The van der Waals surface area contributed by atoms with Crippen molar-refractivity contribution >= 4 is 34.4 Å². The number of carbonyl (C=O) groups is 2. The van der Waals surface area contributed by atoms with E-state index in [4.69, 9.17) is 0 Å². The summed E-state index contributed by atoms with van der Waals surface area (Å²) in [7, 11) is 0. The van der Waals surface area contributed by atoms with Gasteiger partial charge in [0.25, 0.3) is 5.91 Å². The zero-order chi connectivity index (χ0) is 27.8. The molecule has 0 bridgehead atoms. The summed E-state index contributed by atoms with van der Waals surface area (Å²) in [6.45, 7) is 2.00. The summed E-state index contributed by atoms with van der Waals surface area (Å²) in [5.41, 5.74) is 5.19. The summed E-state index contributed by atoms with van der Waals surface area (Å²) in [5, 5.41) is 25.4. The lowest BCUT2D eigenvalue weighted by Gasteiger charge is -2.18. The Morgan fingerprint density at radius 1 is 0.872 bits per heavy atom. The van der Waals surface area contributed by atoms with Crippen LogP contribution in [-0.4, -0.2) is 40.1 Å². The molecule has 0 heterocycles. The molecule has 1 unspecified atom stereocenters. The number of aliphatic hydroxyl groups is 1. The molecule has 1 amide bonds. The molecule has 4 aromatic carbocycles. The van der Waals surface area contributed by atoms with Crippen LogP contribution in [0.15, 0.2) is 84.9 Å². The zero-order valence-electron chi connectivity index (χ0n) is 22.4. The number of hydrogen-bond donors (Lipinski definition) is 3. The van der Waals surface area contributed by atoms with Gasteiger partial charge >= 0.3 is 5.97 Å². The number of thioether (sulfide) groups is 1. The Labute approximate surface area is 234 Å². The molecule has 202 valence electrons. The van der Waals surface area contributed by atoms with Crippen molar-refractivity contribution in [1.82, 2.24) is 5.32 Å². The van der Waals surface area contributed by atoms with Crippen LogP contribution < -0.4 is 5.32 Å². The van der Waals surface area contributed by atoms with E-state index in [9.17, 15) is 19.8 Å². The van der Waals surface area contributed by atoms with Gasteiger partial charge in [-0.1, -0.05) is 72.8 Å². The fourth-order valence-electron chi connectivity index (χ4n) is 4.85. The molecule has 2 atom stereocenters. The molecule has 0 aliphatic heterocycles. The van der Waals surface area contributed by atoms with Gasteiger partial charge in [-0.25, -0.2) is 4.79 Å². The Morgan fingerprint density at radius 2 is 1.62 bits per heavy atom. The van der Waals surface area contributed by atoms with E-state index in [0.717, 1.165) is 51.4 Å². The van der Waals surface area contributed by atoms with Crippen molar-refractivity contribution in [2.45, 2.75) is 44.8 Å². The molecule has 0 aliphatic rings. The molecule has 0 radical (unpaired) electrons. The summed E-state index contributed by atoms with van der Waals surface area (Å²) in [4.78, 5) is 25.0. The normalized spacial score (nSPS) is 12.7. The predicted molar refractivity (Wildman–Crippen MR) is 160 cm³/mol. The third-order valence-corrected chi connectivity index (χ3v) is 7.72. The molecule has 0 saturated heterocycles. The first-order chi connectivity index (χ1) is 18.9. The number of rotatable bonds is 12. The largest absolute Gasteiger partial charge is 0.480 e.